The van der Waals surface area contributed by atoms with Crippen LogP contribution in [0.4, 0.5) is 5.95 Å². The molecule has 3 rings (SSSR count). The third-order valence-corrected chi connectivity index (χ3v) is 11.3. The summed E-state index contributed by atoms with van der Waals surface area (Å²) in [4.78, 5) is 76.2. The lowest BCUT2D eigenvalue weighted by molar-refractivity contribution is -0.0423. The molecular weight excluding hydrogens is 649 g/mol. The van der Waals surface area contributed by atoms with Gasteiger partial charge in [0.2, 0.25) is 5.95 Å². The van der Waals surface area contributed by atoms with Crippen LogP contribution in [0.3, 0.4) is 0 Å². The second kappa shape index (κ2) is 11.2. The van der Waals surface area contributed by atoms with Crippen molar-refractivity contribution in [1.82, 2.24) is 19.5 Å². The molecule has 2 aromatic rings. The molecule has 29 heteroatoms. The largest absolute Gasteiger partial charge is 0.490 e. The van der Waals surface area contributed by atoms with E-state index in [2.05, 4.69) is 36.7 Å². The molecule has 24 nitrogen and oxygen atoms in total. The molecule has 0 aromatic carbocycles. The van der Waals surface area contributed by atoms with Crippen LogP contribution >= 0.6 is 39.1 Å². The smallest absolute Gasteiger partial charge is 0.390 e. The van der Waals surface area contributed by atoms with E-state index in [1.165, 1.54) is 4.57 Å². The van der Waals surface area contributed by atoms with Gasteiger partial charge in [0.05, 0.1) is 19.0 Å². The molecule has 0 spiro atoms. The van der Waals surface area contributed by atoms with E-state index in [1.807, 2.05) is 0 Å². The van der Waals surface area contributed by atoms with Gasteiger partial charge in [-0.15, -0.1) is 0 Å². The van der Waals surface area contributed by atoms with E-state index < -0.39 is 69.7 Å². The summed E-state index contributed by atoms with van der Waals surface area (Å²) in [6.07, 6.45) is -2.93. The first-order chi connectivity index (χ1) is 17.6. The molecule has 10 N–H and O–H groups in total. The molecule has 0 amide bonds. The Hall–Kier alpha value is -1.22. The molecule has 1 saturated heterocycles. The Balaban J connectivity index is 1.61. The lowest BCUT2D eigenvalue weighted by Crippen LogP contribution is -2.26. The van der Waals surface area contributed by atoms with Gasteiger partial charge in [-0.3, -0.25) is 18.9 Å². The number of aromatic amines is 1. The molecule has 0 aliphatic carbocycles. The number of anilines is 1. The lowest BCUT2D eigenvalue weighted by Gasteiger charge is -2.21. The molecule has 222 valence electrons. The van der Waals surface area contributed by atoms with Crippen molar-refractivity contribution in [3.63, 3.8) is 0 Å². The van der Waals surface area contributed by atoms with Crippen LogP contribution in [0, 0.1) is 0 Å². The first-order valence-electron chi connectivity index (χ1n) is 9.49. The highest BCUT2D eigenvalue weighted by Crippen LogP contribution is 2.73. The van der Waals surface area contributed by atoms with Crippen LogP contribution in [0.5, 0.6) is 0 Å². The van der Waals surface area contributed by atoms with Gasteiger partial charge in [-0.2, -0.15) is 22.2 Å². The number of hydrogen-bond acceptors (Lipinski definition) is 16. The fourth-order valence-corrected chi connectivity index (χ4v) is 8.84. The quantitative estimate of drug-likeness (QED) is 0.122. The predicted octanol–water partition coefficient (Wildman–Crippen LogP) is -1.07. The summed E-state index contributed by atoms with van der Waals surface area (Å²) in [5, 5.41) is 10.2. The zero-order valence-corrected chi connectivity index (χ0v) is 22.9. The van der Waals surface area contributed by atoms with Crippen LogP contribution in [0.25, 0.3) is 11.2 Å². The van der Waals surface area contributed by atoms with Crippen LogP contribution in [-0.4, -0.2) is 72.8 Å². The van der Waals surface area contributed by atoms with E-state index >= 15 is 0 Å². The van der Waals surface area contributed by atoms with E-state index in [9.17, 15) is 47.4 Å². The summed E-state index contributed by atoms with van der Waals surface area (Å²) < 4.78 is 82.3. The molecule has 1 fully saturated rings. The van der Waals surface area contributed by atoms with Gasteiger partial charge in [0.15, 0.2) is 11.2 Å². The van der Waals surface area contributed by atoms with E-state index in [0.717, 1.165) is 6.33 Å². The summed E-state index contributed by atoms with van der Waals surface area (Å²) >= 11 is 0. The Morgan fingerprint density at radius 2 is 1.51 bits per heavy atom. The normalized spacial score (nSPS) is 26.5. The number of phosphoric ester groups is 1. The molecular formula is C10H18N5O19P5. The van der Waals surface area contributed by atoms with Crippen LogP contribution in [0.1, 0.15) is 12.6 Å². The van der Waals surface area contributed by atoms with Gasteiger partial charge in [-0.25, -0.2) is 27.8 Å². The van der Waals surface area contributed by atoms with Crippen LogP contribution in [0.15, 0.2) is 11.1 Å². The molecule has 0 bridgehead atoms. The maximum Gasteiger partial charge on any atom is 0.490 e. The number of aliphatic hydroxyl groups is 1. The number of hydrogen-bond donors (Lipinski definition) is 9. The summed E-state index contributed by atoms with van der Waals surface area (Å²) in [5.41, 5.74) is 4.68. The first-order valence-corrected chi connectivity index (χ1v) is 17.0. The summed E-state index contributed by atoms with van der Waals surface area (Å²) in [6, 6.07) is 0. The van der Waals surface area contributed by atoms with Crippen molar-refractivity contribution in [2.45, 2.75) is 24.9 Å². The molecule has 7 atom stereocenters. The van der Waals surface area contributed by atoms with Crippen LogP contribution < -0.4 is 11.3 Å². The molecule has 0 radical (unpaired) electrons. The number of phosphoric acid groups is 5. The topological polar surface area (TPSA) is 372 Å². The Morgan fingerprint density at radius 1 is 0.974 bits per heavy atom. The second-order valence-electron chi connectivity index (χ2n) is 7.19. The van der Waals surface area contributed by atoms with Gasteiger partial charge in [0.25, 0.3) is 5.56 Å². The molecule has 1 aliphatic rings. The number of fused-ring (bicyclic) bond motifs is 1. The Labute approximate surface area is 214 Å². The summed E-state index contributed by atoms with van der Waals surface area (Å²) in [6.45, 7) is -1.01. The predicted molar refractivity (Wildman–Crippen MR) is 119 cm³/mol. The number of rotatable bonds is 12. The molecule has 0 saturated carbocycles. The fourth-order valence-electron chi connectivity index (χ4n) is 2.95. The SMILES string of the molecule is Nc1nc2c(ncn2[C@H]2C[C@H](O)[C@@H](COP(=O)(O)OP(=O)(O)OP(=O)(O)OP(=O)(O)OP(=O)(O)O)O2)c(=O)[nH]1. The van der Waals surface area contributed by atoms with E-state index in [4.69, 9.17) is 25.2 Å². The fraction of sp³-hybridized carbons (Fsp3) is 0.500. The highest BCUT2D eigenvalue weighted by atomic mass is 31.3. The molecule has 1 aliphatic heterocycles. The molecule has 39 heavy (non-hydrogen) atoms. The minimum atomic E-state index is -6.24. The second-order valence-corrected chi connectivity index (χ2v) is 14.8. The minimum Gasteiger partial charge on any atom is -0.390 e. The highest BCUT2D eigenvalue weighted by Gasteiger charge is 2.48. The van der Waals surface area contributed by atoms with E-state index in [1.54, 1.807) is 0 Å². The van der Waals surface area contributed by atoms with Gasteiger partial charge in [-0.05, 0) is 0 Å². The van der Waals surface area contributed by atoms with Gasteiger partial charge in [-0.1, -0.05) is 0 Å². The van der Waals surface area contributed by atoms with Crippen LogP contribution in [-0.2, 0) is 49.3 Å². The average molecular weight is 667 g/mol. The van der Waals surface area contributed by atoms with Crippen molar-refractivity contribution in [2.24, 2.45) is 0 Å². The maximum absolute atomic E-state index is 12.1. The van der Waals surface area contributed by atoms with Crippen molar-refractivity contribution in [3.05, 3.63) is 16.7 Å². The average Bonchev–Trinajstić information content (AvgIpc) is 3.24. The van der Waals surface area contributed by atoms with Crippen molar-refractivity contribution >= 4 is 56.2 Å². The van der Waals surface area contributed by atoms with Crippen molar-refractivity contribution < 1.29 is 83.8 Å². The van der Waals surface area contributed by atoms with Gasteiger partial charge in [0.1, 0.15) is 12.3 Å². The Morgan fingerprint density at radius 3 is 2.08 bits per heavy atom. The number of imidazole rings is 1. The van der Waals surface area contributed by atoms with Crippen molar-refractivity contribution in [3.8, 4) is 0 Å². The molecule has 3 heterocycles. The minimum absolute atomic E-state index is 0.0289. The summed E-state index contributed by atoms with van der Waals surface area (Å²) in [7, 11) is -30.0. The first kappa shape index (κ1) is 32.3. The number of ether oxygens (including phenoxy) is 1. The zero-order chi connectivity index (χ0) is 29.6. The monoisotopic (exact) mass is 667 g/mol. The summed E-state index contributed by atoms with van der Waals surface area (Å²) in [5.74, 6) is -0.254. The number of H-pyrrole nitrogens is 1. The Kier molecular flexibility index (Phi) is 9.29. The van der Waals surface area contributed by atoms with Gasteiger partial charge in [0, 0.05) is 6.42 Å². The lowest BCUT2D eigenvalue weighted by atomic mass is 10.2. The molecule has 4 unspecified atom stereocenters. The van der Waals surface area contributed by atoms with Gasteiger partial charge >= 0.3 is 39.1 Å². The van der Waals surface area contributed by atoms with Crippen molar-refractivity contribution in [1.29, 1.82) is 0 Å². The van der Waals surface area contributed by atoms with Gasteiger partial charge < -0.3 is 44.9 Å². The maximum atomic E-state index is 12.1. The third-order valence-electron chi connectivity index (χ3n) is 4.20. The van der Waals surface area contributed by atoms with Crippen molar-refractivity contribution in [2.75, 3.05) is 12.3 Å². The number of nitrogens with two attached hydrogens (primary N) is 1. The van der Waals surface area contributed by atoms with E-state index in [-0.39, 0.29) is 23.5 Å². The molecule has 2 aromatic heterocycles. The number of aliphatic hydroxyl groups excluding tert-OH is 1. The number of nitrogen functional groups attached to an aromatic ring is 1. The van der Waals surface area contributed by atoms with Crippen LogP contribution in [0.2, 0.25) is 0 Å². The number of nitrogens with zero attached hydrogens (tertiary/aromatic N) is 3. The third kappa shape index (κ3) is 9.14. The number of aromatic nitrogens is 4. The standard InChI is InChI=1S/C10H18N5O19P5/c11-10-13-8-7(9(17)14-10)12-3-15(8)6-1-4(16)5(30-6)2-29-36(21,22)32-38(25,26)34-39(27,28)33-37(23,24)31-35(18,19)20/h3-6,16H,1-2H2,(H,21,22)(H,23,24)(H,25,26)(H,27,28)(H2,18,19,20)(H3,11,13,14,17)/t4-,5+,6+/m0/s1. The van der Waals surface area contributed by atoms with E-state index in [0.29, 0.717) is 0 Å². The Bertz CT molecular complexity index is 1530. The number of nitrogens with one attached hydrogen (secondary N) is 1. The zero-order valence-electron chi connectivity index (χ0n) is 18.4. The highest BCUT2D eigenvalue weighted by molar-refractivity contribution is 7.71.